The molecule has 0 radical (unpaired) electrons. The summed E-state index contributed by atoms with van der Waals surface area (Å²) in [4.78, 5) is 17.9. The van der Waals surface area contributed by atoms with E-state index >= 15 is 0 Å². The van der Waals surface area contributed by atoms with Crippen LogP contribution in [0.1, 0.15) is 19.8 Å². The van der Waals surface area contributed by atoms with Gasteiger partial charge in [-0.05, 0) is 19.8 Å². The summed E-state index contributed by atoms with van der Waals surface area (Å²) in [5.74, 6) is 0.449. The Morgan fingerprint density at radius 2 is 2.20 bits per heavy atom. The number of anilines is 2. The molecule has 1 saturated heterocycles. The Hall–Kier alpha value is -1.98. The number of nitrogens with two attached hydrogens (primary N) is 1. The summed E-state index contributed by atoms with van der Waals surface area (Å²) in [7, 11) is 1.58. The molecule has 0 atom stereocenters. The largest absolute Gasteiger partial charge is 0.481 e. The van der Waals surface area contributed by atoms with E-state index in [9.17, 15) is 4.79 Å². The Balaban J connectivity index is 2.02. The number of nitrogens with zero attached hydrogens (tertiary/aromatic N) is 2. The van der Waals surface area contributed by atoms with Crippen LogP contribution in [0.25, 0.3) is 0 Å². The molecule has 6 heteroatoms. The molecule has 1 aliphatic heterocycles. The van der Waals surface area contributed by atoms with Gasteiger partial charge >= 0.3 is 5.97 Å². The molecule has 0 amide bonds. The number of nitrogen functional groups attached to an aromatic ring is 1. The molecule has 6 nitrogen and oxygen atoms in total. The second-order valence-corrected chi connectivity index (χ2v) is 4.80. The fourth-order valence-electron chi connectivity index (χ4n) is 2.44. The zero-order valence-corrected chi connectivity index (χ0v) is 12.0. The second kappa shape index (κ2) is 6.45. The third-order valence-electron chi connectivity index (χ3n) is 3.55. The molecule has 2 N–H and O–H groups in total. The molecule has 1 aromatic heterocycles. The summed E-state index contributed by atoms with van der Waals surface area (Å²) in [6, 6.07) is 1.83. The summed E-state index contributed by atoms with van der Waals surface area (Å²) >= 11 is 0. The van der Waals surface area contributed by atoms with Crippen molar-refractivity contribution in [2.45, 2.75) is 19.8 Å². The van der Waals surface area contributed by atoms with Crippen molar-refractivity contribution in [3.05, 3.63) is 12.3 Å². The zero-order chi connectivity index (χ0) is 14.5. The molecule has 1 aromatic rings. The van der Waals surface area contributed by atoms with Crippen molar-refractivity contribution in [2.24, 2.45) is 5.92 Å². The van der Waals surface area contributed by atoms with Crippen molar-refractivity contribution < 1.29 is 14.3 Å². The van der Waals surface area contributed by atoms with Crippen LogP contribution >= 0.6 is 0 Å². The molecule has 2 heterocycles. The van der Waals surface area contributed by atoms with Crippen LogP contribution < -0.4 is 15.4 Å². The van der Waals surface area contributed by atoms with Crippen LogP contribution in [0.15, 0.2) is 12.3 Å². The molecule has 0 unspecified atom stereocenters. The van der Waals surface area contributed by atoms with Crippen LogP contribution in [-0.2, 0) is 9.53 Å². The molecule has 0 aromatic carbocycles. The SMILES string of the molecule is CCOC(=O)C1CCN(c2cc(OC)ncc2N)CC1. The Bertz CT molecular complexity index is 471. The van der Waals surface area contributed by atoms with E-state index in [4.69, 9.17) is 15.2 Å². The van der Waals surface area contributed by atoms with E-state index in [1.54, 1.807) is 13.3 Å². The van der Waals surface area contributed by atoms with Crippen molar-refractivity contribution in [1.82, 2.24) is 4.98 Å². The average Bonchev–Trinajstić information content (AvgIpc) is 2.48. The normalized spacial score (nSPS) is 16.0. The van der Waals surface area contributed by atoms with Gasteiger partial charge in [0.2, 0.25) is 5.88 Å². The fourth-order valence-corrected chi connectivity index (χ4v) is 2.44. The minimum Gasteiger partial charge on any atom is -0.481 e. The summed E-state index contributed by atoms with van der Waals surface area (Å²) in [5, 5.41) is 0. The lowest BCUT2D eigenvalue weighted by Crippen LogP contribution is -2.37. The highest BCUT2D eigenvalue weighted by atomic mass is 16.5. The topological polar surface area (TPSA) is 77.7 Å². The number of carbonyl (C=O) groups is 1. The van der Waals surface area contributed by atoms with E-state index < -0.39 is 0 Å². The third kappa shape index (κ3) is 3.12. The molecule has 0 bridgehead atoms. The van der Waals surface area contributed by atoms with Gasteiger partial charge in [-0.15, -0.1) is 0 Å². The van der Waals surface area contributed by atoms with Crippen molar-refractivity contribution >= 4 is 17.3 Å². The van der Waals surface area contributed by atoms with Crippen molar-refractivity contribution in [1.29, 1.82) is 0 Å². The molecule has 0 spiro atoms. The lowest BCUT2D eigenvalue weighted by Gasteiger charge is -2.33. The van der Waals surface area contributed by atoms with Gasteiger partial charge in [-0.1, -0.05) is 0 Å². The van der Waals surface area contributed by atoms with Crippen molar-refractivity contribution in [2.75, 3.05) is 37.4 Å². The number of piperidine rings is 1. The predicted molar refractivity (Wildman–Crippen MR) is 76.8 cm³/mol. The van der Waals surface area contributed by atoms with Crippen LogP contribution in [0.3, 0.4) is 0 Å². The molecule has 1 aliphatic rings. The number of carbonyl (C=O) groups excluding carboxylic acids is 1. The molecule has 1 fully saturated rings. The van der Waals surface area contributed by atoms with Gasteiger partial charge in [0.1, 0.15) is 0 Å². The number of rotatable bonds is 4. The highest BCUT2D eigenvalue weighted by Gasteiger charge is 2.27. The maximum absolute atomic E-state index is 11.7. The van der Waals surface area contributed by atoms with Gasteiger partial charge in [-0.2, -0.15) is 0 Å². The summed E-state index contributed by atoms with van der Waals surface area (Å²) in [5.41, 5.74) is 7.51. The van der Waals surface area contributed by atoms with Gasteiger partial charge in [0, 0.05) is 19.2 Å². The molecular weight excluding hydrogens is 258 g/mol. The molecule has 110 valence electrons. The van der Waals surface area contributed by atoms with Crippen LogP contribution in [0.2, 0.25) is 0 Å². The van der Waals surface area contributed by atoms with Gasteiger partial charge in [0.25, 0.3) is 0 Å². The van der Waals surface area contributed by atoms with Crippen LogP contribution in [0.4, 0.5) is 11.4 Å². The quantitative estimate of drug-likeness (QED) is 0.841. The summed E-state index contributed by atoms with van der Waals surface area (Å²) in [6.07, 6.45) is 3.16. The van der Waals surface area contributed by atoms with E-state index in [0.29, 0.717) is 18.2 Å². The maximum atomic E-state index is 11.7. The summed E-state index contributed by atoms with van der Waals surface area (Å²) < 4.78 is 10.2. The standard InChI is InChI=1S/C14H21N3O3/c1-3-20-14(18)10-4-6-17(7-5-10)12-8-13(19-2)16-9-11(12)15/h8-10H,3-7,15H2,1-2H3. The van der Waals surface area contributed by atoms with E-state index in [2.05, 4.69) is 9.88 Å². The highest BCUT2D eigenvalue weighted by Crippen LogP contribution is 2.30. The Morgan fingerprint density at radius 3 is 2.80 bits per heavy atom. The molecule has 0 aliphatic carbocycles. The highest BCUT2D eigenvalue weighted by molar-refractivity contribution is 5.73. The van der Waals surface area contributed by atoms with Gasteiger partial charge in [-0.3, -0.25) is 4.79 Å². The van der Waals surface area contributed by atoms with Gasteiger partial charge < -0.3 is 20.1 Å². The van der Waals surface area contributed by atoms with Gasteiger partial charge in [0.15, 0.2) is 0 Å². The average molecular weight is 279 g/mol. The lowest BCUT2D eigenvalue weighted by molar-refractivity contribution is -0.148. The lowest BCUT2D eigenvalue weighted by atomic mass is 9.96. The van der Waals surface area contributed by atoms with E-state index in [1.807, 2.05) is 13.0 Å². The van der Waals surface area contributed by atoms with E-state index in [1.165, 1.54) is 0 Å². The molecular formula is C14H21N3O3. The first-order valence-electron chi connectivity index (χ1n) is 6.86. The smallest absolute Gasteiger partial charge is 0.309 e. The summed E-state index contributed by atoms with van der Waals surface area (Å²) in [6.45, 7) is 3.83. The maximum Gasteiger partial charge on any atom is 0.309 e. The molecule has 0 saturated carbocycles. The monoisotopic (exact) mass is 279 g/mol. The number of methoxy groups -OCH3 is 1. The second-order valence-electron chi connectivity index (χ2n) is 4.80. The first-order valence-corrected chi connectivity index (χ1v) is 6.86. The number of ether oxygens (including phenoxy) is 2. The van der Waals surface area contributed by atoms with Crippen LogP contribution in [0, 0.1) is 5.92 Å². The Morgan fingerprint density at radius 1 is 1.50 bits per heavy atom. The Labute approximate surface area is 118 Å². The van der Waals surface area contributed by atoms with E-state index in [-0.39, 0.29) is 11.9 Å². The van der Waals surface area contributed by atoms with Gasteiger partial charge in [0.05, 0.1) is 37.2 Å². The third-order valence-corrected chi connectivity index (χ3v) is 3.55. The zero-order valence-electron chi connectivity index (χ0n) is 12.0. The van der Waals surface area contributed by atoms with Crippen molar-refractivity contribution in [3.8, 4) is 5.88 Å². The van der Waals surface area contributed by atoms with Gasteiger partial charge in [-0.25, -0.2) is 4.98 Å². The van der Waals surface area contributed by atoms with Crippen LogP contribution in [0.5, 0.6) is 5.88 Å². The predicted octanol–water partition coefficient (Wildman–Crippen LogP) is 1.45. The molecule has 20 heavy (non-hydrogen) atoms. The van der Waals surface area contributed by atoms with Crippen LogP contribution in [-0.4, -0.2) is 37.8 Å². The Kier molecular flexibility index (Phi) is 4.65. The number of esters is 1. The number of aromatic nitrogens is 1. The minimum absolute atomic E-state index is 0.00356. The number of hydrogen-bond acceptors (Lipinski definition) is 6. The van der Waals surface area contributed by atoms with Crippen molar-refractivity contribution in [3.63, 3.8) is 0 Å². The number of pyridine rings is 1. The minimum atomic E-state index is -0.0903. The van der Waals surface area contributed by atoms with E-state index in [0.717, 1.165) is 31.6 Å². The number of hydrogen-bond donors (Lipinski definition) is 1. The first-order chi connectivity index (χ1) is 9.65. The fraction of sp³-hybridized carbons (Fsp3) is 0.571. The molecule has 2 rings (SSSR count). The first kappa shape index (κ1) is 14.4.